The lowest BCUT2D eigenvalue weighted by Gasteiger charge is -2.29. The second-order valence-electron chi connectivity index (χ2n) is 4.79. The number of piperidine rings is 1. The van der Waals surface area contributed by atoms with Crippen molar-refractivity contribution in [3.8, 4) is 0 Å². The maximum absolute atomic E-state index is 12.2. The number of amides is 1. The molecule has 2 heterocycles. The lowest BCUT2D eigenvalue weighted by atomic mass is 10.1. The summed E-state index contributed by atoms with van der Waals surface area (Å²) in [6, 6.07) is 2.46. The Morgan fingerprint density at radius 1 is 1.35 bits per heavy atom. The molecule has 0 aromatic carbocycles. The van der Waals surface area contributed by atoms with Gasteiger partial charge in [-0.25, -0.2) is 8.42 Å². The summed E-state index contributed by atoms with van der Waals surface area (Å²) in [5, 5.41) is 0. The molecule has 8 heteroatoms. The minimum Gasteiger partial charge on any atom is -0.341 e. The van der Waals surface area contributed by atoms with Crippen molar-refractivity contribution in [2.24, 2.45) is 0 Å². The third-order valence-corrected chi connectivity index (χ3v) is 6.84. The van der Waals surface area contributed by atoms with Gasteiger partial charge in [0.25, 0.3) is 10.0 Å². The lowest BCUT2D eigenvalue weighted by molar-refractivity contribution is -0.133. The molecule has 0 spiro atoms. The Labute approximate surface area is 131 Å². The molecular formula is C12H17BrN2O3S2. The van der Waals surface area contributed by atoms with Crippen molar-refractivity contribution < 1.29 is 13.2 Å². The number of hydrogen-bond donors (Lipinski definition) is 1. The van der Waals surface area contributed by atoms with E-state index in [9.17, 15) is 13.2 Å². The van der Waals surface area contributed by atoms with Gasteiger partial charge in [0.2, 0.25) is 5.91 Å². The van der Waals surface area contributed by atoms with Crippen molar-refractivity contribution in [2.45, 2.75) is 36.4 Å². The van der Waals surface area contributed by atoms with Gasteiger partial charge in [-0.2, -0.15) is 4.72 Å². The van der Waals surface area contributed by atoms with Crippen LogP contribution in [-0.2, 0) is 14.8 Å². The summed E-state index contributed by atoms with van der Waals surface area (Å²) in [4.78, 5) is 13.9. The highest BCUT2D eigenvalue weighted by Gasteiger charge is 2.27. The first kappa shape index (κ1) is 15.9. The highest BCUT2D eigenvalue weighted by molar-refractivity contribution is 9.11. The number of hydrogen-bond acceptors (Lipinski definition) is 4. The van der Waals surface area contributed by atoms with Gasteiger partial charge in [-0.3, -0.25) is 4.79 Å². The number of nitrogens with one attached hydrogen (secondary N) is 1. The monoisotopic (exact) mass is 380 g/mol. The fraction of sp³-hybridized carbons (Fsp3) is 0.583. The minimum atomic E-state index is -3.63. The van der Waals surface area contributed by atoms with E-state index in [0.29, 0.717) is 0 Å². The van der Waals surface area contributed by atoms with E-state index in [0.717, 1.165) is 47.5 Å². The van der Waals surface area contributed by atoms with E-state index >= 15 is 0 Å². The molecule has 1 atom stereocenters. The number of rotatable bonds is 4. The van der Waals surface area contributed by atoms with Gasteiger partial charge in [-0.15, -0.1) is 11.3 Å². The van der Waals surface area contributed by atoms with Gasteiger partial charge in [0.1, 0.15) is 4.21 Å². The quantitative estimate of drug-likeness (QED) is 0.870. The Morgan fingerprint density at radius 3 is 2.55 bits per heavy atom. The van der Waals surface area contributed by atoms with Crippen LogP contribution in [-0.4, -0.2) is 38.4 Å². The van der Waals surface area contributed by atoms with Crippen LogP contribution in [0.4, 0.5) is 0 Å². The van der Waals surface area contributed by atoms with Crippen LogP contribution in [0.25, 0.3) is 0 Å². The fourth-order valence-corrected chi connectivity index (χ4v) is 5.39. The molecule has 1 saturated heterocycles. The van der Waals surface area contributed by atoms with Gasteiger partial charge in [-0.05, 0) is 54.2 Å². The standard InChI is InChI=1S/C12H17BrN2O3S2/c1-9(12(16)15-7-3-2-4-8-15)14-20(17,18)11-6-5-10(13)19-11/h5-6,9,14H,2-4,7-8H2,1H3. The zero-order chi connectivity index (χ0) is 14.8. The summed E-state index contributed by atoms with van der Waals surface area (Å²) in [6.07, 6.45) is 3.11. The van der Waals surface area contributed by atoms with E-state index in [1.165, 1.54) is 6.07 Å². The van der Waals surface area contributed by atoms with Crippen LogP contribution in [0.3, 0.4) is 0 Å². The SMILES string of the molecule is CC(NS(=O)(=O)c1ccc(Br)s1)C(=O)N1CCCCC1. The number of thiophene rings is 1. The molecule has 1 aliphatic rings. The average Bonchev–Trinajstić information content (AvgIpc) is 2.86. The summed E-state index contributed by atoms with van der Waals surface area (Å²) >= 11 is 4.36. The molecule has 0 radical (unpaired) electrons. The highest BCUT2D eigenvalue weighted by Crippen LogP contribution is 2.26. The van der Waals surface area contributed by atoms with Gasteiger partial charge in [0.15, 0.2) is 0 Å². The molecule has 1 unspecified atom stereocenters. The largest absolute Gasteiger partial charge is 0.341 e. The zero-order valence-corrected chi connectivity index (χ0v) is 14.4. The van der Waals surface area contributed by atoms with Crippen molar-refractivity contribution in [3.05, 3.63) is 15.9 Å². The fourth-order valence-electron chi connectivity index (χ4n) is 2.17. The van der Waals surface area contributed by atoms with Crippen LogP contribution in [0, 0.1) is 0 Å². The molecule has 1 fully saturated rings. The Balaban J connectivity index is 2.03. The van der Waals surface area contributed by atoms with Crippen LogP contribution in [0.2, 0.25) is 0 Å². The Bertz CT molecular complexity index is 579. The molecule has 1 aliphatic heterocycles. The molecule has 0 bridgehead atoms. The van der Waals surface area contributed by atoms with Gasteiger partial charge >= 0.3 is 0 Å². The van der Waals surface area contributed by atoms with Gasteiger partial charge in [0, 0.05) is 13.1 Å². The van der Waals surface area contributed by atoms with Crippen LogP contribution < -0.4 is 4.72 Å². The van der Waals surface area contributed by atoms with Crippen LogP contribution >= 0.6 is 27.3 Å². The van der Waals surface area contributed by atoms with E-state index in [-0.39, 0.29) is 10.1 Å². The average molecular weight is 381 g/mol. The van der Waals surface area contributed by atoms with E-state index in [1.807, 2.05) is 0 Å². The Hall–Kier alpha value is -0.440. The van der Waals surface area contributed by atoms with Crippen LogP contribution in [0.15, 0.2) is 20.1 Å². The summed E-state index contributed by atoms with van der Waals surface area (Å²) in [5.74, 6) is -0.149. The highest BCUT2D eigenvalue weighted by atomic mass is 79.9. The summed E-state index contributed by atoms with van der Waals surface area (Å²) in [6.45, 7) is 3.03. The predicted molar refractivity (Wildman–Crippen MR) is 82.2 cm³/mol. The van der Waals surface area contributed by atoms with Gasteiger partial charge in [-0.1, -0.05) is 0 Å². The van der Waals surface area contributed by atoms with E-state index in [2.05, 4.69) is 20.7 Å². The summed E-state index contributed by atoms with van der Waals surface area (Å²) in [5.41, 5.74) is 0. The molecule has 5 nitrogen and oxygen atoms in total. The Kier molecular flexibility index (Phi) is 5.22. The lowest BCUT2D eigenvalue weighted by Crippen LogP contribution is -2.48. The van der Waals surface area contributed by atoms with Crippen molar-refractivity contribution >= 4 is 43.2 Å². The van der Waals surface area contributed by atoms with Crippen molar-refractivity contribution in [2.75, 3.05) is 13.1 Å². The summed E-state index contributed by atoms with van der Waals surface area (Å²) in [7, 11) is -3.63. The number of halogens is 1. The maximum Gasteiger partial charge on any atom is 0.250 e. The first-order valence-corrected chi connectivity index (χ1v) is 9.56. The van der Waals surface area contributed by atoms with Crippen molar-refractivity contribution in [1.82, 2.24) is 9.62 Å². The molecule has 112 valence electrons. The van der Waals surface area contributed by atoms with E-state index in [1.54, 1.807) is 17.9 Å². The molecule has 1 N–H and O–H groups in total. The molecular weight excluding hydrogens is 364 g/mol. The number of likely N-dealkylation sites (tertiary alicyclic amines) is 1. The number of carbonyl (C=O) groups excluding carboxylic acids is 1. The molecule has 1 amide bonds. The Morgan fingerprint density at radius 2 is 2.00 bits per heavy atom. The smallest absolute Gasteiger partial charge is 0.250 e. The van der Waals surface area contributed by atoms with Crippen LogP contribution in [0.5, 0.6) is 0 Å². The summed E-state index contributed by atoms with van der Waals surface area (Å²) < 4.78 is 27.7. The van der Waals surface area contributed by atoms with Gasteiger partial charge < -0.3 is 4.90 Å². The second-order valence-corrected chi connectivity index (χ2v) is 9.19. The van der Waals surface area contributed by atoms with E-state index < -0.39 is 16.1 Å². The topological polar surface area (TPSA) is 66.5 Å². The van der Waals surface area contributed by atoms with E-state index in [4.69, 9.17) is 0 Å². The van der Waals surface area contributed by atoms with Crippen LogP contribution in [0.1, 0.15) is 26.2 Å². The number of nitrogens with zero attached hydrogens (tertiary/aromatic N) is 1. The molecule has 0 aliphatic carbocycles. The maximum atomic E-state index is 12.2. The van der Waals surface area contributed by atoms with Crippen molar-refractivity contribution in [3.63, 3.8) is 0 Å². The number of sulfonamides is 1. The third kappa shape index (κ3) is 3.81. The second kappa shape index (κ2) is 6.55. The number of carbonyl (C=O) groups is 1. The van der Waals surface area contributed by atoms with Gasteiger partial charge in [0.05, 0.1) is 9.83 Å². The zero-order valence-electron chi connectivity index (χ0n) is 11.1. The first-order valence-electron chi connectivity index (χ1n) is 6.46. The first-order chi connectivity index (χ1) is 9.40. The third-order valence-electron chi connectivity index (χ3n) is 3.18. The predicted octanol–water partition coefficient (Wildman–Crippen LogP) is 2.19. The molecule has 20 heavy (non-hydrogen) atoms. The molecule has 1 aromatic rings. The normalized spacial score (nSPS) is 18.0. The molecule has 1 aromatic heterocycles. The minimum absolute atomic E-state index is 0.149. The molecule has 0 saturated carbocycles. The van der Waals surface area contributed by atoms with Crippen molar-refractivity contribution in [1.29, 1.82) is 0 Å². The molecule has 2 rings (SSSR count).